The van der Waals surface area contributed by atoms with Gasteiger partial charge in [-0.3, -0.25) is 20.2 Å². The molecule has 0 fully saturated rings. The Morgan fingerprint density at radius 3 is 2.19 bits per heavy atom. The molecule has 0 radical (unpaired) electrons. The molecule has 0 saturated heterocycles. The van der Waals surface area contributed by atoms with E-state index >= 15 is 0 Å². The van der Waals surface area contributed by atoms with Gasteiger partial charge in [0.15, 0.2) is 0 Å². The van der Waals surface area contributed by atoms with E-state index in [2.05, 4.69) is 15.9 Å². The van der Waals surface area contributed by atoms with Gasteiger partial charge in [-0.05, 0) is 23.8 Å². The van der Waals surface area contributed by atoms with Crippen LogP contribution in [0.15, 0.2) is 42.5 Å². The minimum absolute atomic E-state index is 0.0773. The average Bonchev–Trinajstić information content (AvgIpc) is 2.48. The van der Waals surface area contributed by atoms with Gasteiger partial charge < -0.3 is 4.74 Å². The molecule has 2 aromatic rings. The zero-order valence-electron chi connectivity index (χ0n) is 10.6. The molecule has 108 valence electrons. The predicted octanol–water partition coefficient (Wildman–Crippen LogP) is 4.19. The molecule has 0 aliphatic carbocycles. The average molecular weight is 353 g/mol. The van der Waals surface area contributed by atoms with Crippen LogP contribution < -0.4 is 4.74 Å². The van der Waals surface area contributed by atoms with Crippen LogP contribution in [0.25, 0.3) is 0 Å². The normalized spacial score (nSPS) is 10.1. The Labute approximate surface area is 127 Å². The summed E-state index contributed by atoms with van der Waals surface area (Å²) in [4.78, 5) is 20.5. The number of ether oxygens (including phenoxy) is 1. The molecule has 7 nitrogen and oxygen atoms in total. The van der Waals surface area contributed by atoms with Crippen LogP contribution in [0.4, 0.5) is 11.4 Å². The Bertz CT molecular complexity index is 687. The first kappa shape index (κ1) is 14.9. The third-order valence-corrected chi connectivity index (χ3v) is 3.30. The summed E-state index contributed by atoms with van der Waals surface area (Å²) in [5.74, 6) is 0.369. The third-order valence-electron chi connectivity index (χ3n) is 2.65. The fourth-order valence-electron chi connectivity index (χ4n) is 1.64. The van der Waals surface area contributed by atoms with Crippen LogP contribution in [-0.2, 0) is 5.33 Å². The van der Waals surface area contributed by atoms with Crippen molar-refractivity contribution >= 4 is 27.3 Å². The Hall–Kier alpha value is -2.48. The third kappa shape index (κ3) is 3.54. The second-order valence-corrected chi connectivity index (χ2v) is 4.61. The van der Waals surface area contributed by atoms with Gasteiger partial charge in [-0.15, -0.1) is 0 Å². The van der Waals surface area contributed by atoms with Gasteiger partial charge in [0, 0.05) is 23.5 Å². The number of rotatable bonds is 5. The Balaban J connectivity index is 2.30. The van der Waals surface area contributed by atoms with Crippen molar-refractivity contribution in [2.45, 2.75) is 5.33 Å². The van der Waals surface area contributed by atoms with Gasteiger partial charge in [-0.1, -0.05) is 22.0 Å². The molecule has 0 unspecified atom stereocenters. The van der Waals surface area contributed by atoms with Crippen LogP contribution in [0.5, 0.6) is 11.5 Å². The van der Waals surface area contributed by atoms with Gasteiger partial charge >= 0.3 is 5.69 Å². The zero-order chi connectivity index (χ0) is 15.4. The SMILES string of the molecule is O=[N+]([O-])c1ccc(Oc2ccc(CBr)cc2[N+](=O)[O-])cc1. The van der Waals surface area contributed by atoms with Gasteiger partial charge in [0.25, 0.3) is 5.69 Å². The summed E-state index contributed by atoms with van der Waals surface area (Å²) in [5.41, 5.74) is 0.509. The van der Waals surface area contributed by atoms with E-state index in [1.54, 1.807) is 6.07 Å². The molecule has 0 aromatic heterocycles. The minimum atomic E-state index is -0.535. The van der Waals surface area contributed by atoms with Gasteiger partial charge in [-0.25, -0.2) is 0 Å². The van der Waals surface area contributed by atoms with Crippen LogP contribution in [0.3, 0.4) is 0 Å². The summed E-state index contributed by atoms with van der Waals surface area (Å²) in [7, 11) is 0. The molecule has 2 aromatic carbocycles. The number of alkyl halides is 1. The number of hydrogen-bond donors (Lipinski definition) is 0. The van der Waals surface area contributed by atoms with Crippen molar-refractivity contribution in [1.29, 1.82) is 0 Å². The number of nitro groups is 2. The highest BCUT2D eigenvalue weighted by molar-refractivity contribution is 9.08. The summed E-state index contributed by atoms with van der Waals surface area (Å²) < 4.78 is 5.43. The van der Waals surface area contributed by atoms with E-state index in [4.69, 9.17) is 4.74 Å². The van der Waals surface area contributed by atoms with Crippen molar-refractivity contribution in [2.75, 3.05) is 0 Å². The molecule has 0 atom stereocenters. The fraction of sp³-hybridized carbons (Fsp3) is 0.0769. The summed E-state index contributed by atoms with van der Waals surface area (Å²) in [5, 5.41) is 22.1. The van der Waals surface area contributed by atoms with Crippen molar-refractivity contribution in [3.63, 3.8) is 0 Å². The number of benzene rings is 2. The number of halogens is 1. The highest BCUT2D eigenvalue weighted by atomic mass is 79.9. The van der Waals surface area contributed by atoms with E-state index in [0.717, 1.165) is 5.56 Å². The molecule has 0 spiro atoms. The fourth-order valence-corrected chi connectivity index (χ4v) is 1.99. The molecule has 2 rings (SSSR count). The first-order chi connectivity index (χ1) is 10.0. The van der Waals surface area contributed by atoms with Crippen LogP contribution in [0, 0.1) is 20.2 Å². The Morgan fingerprint density at radius 1 is 1.00 bits per heavy atom. The lowest BCUT2D eigenvalue weighted by atomic mass is 10.2. The molecule has 0 saturated carbocycles. The number of nitrogens with zero attached hydrogens (tertiary/aromatic N) is 2. The lowest BCUT2D eigenvalue weighted by Crippen LogP contribution is -1.95. The molecule has 0 N–H and O–H groups in total. The van der Waals surface area contributed by atoms with Crippen molar-refractivity contribution in [1.82, 2.24) is 0 Å². The highest BCUT2D eigenvalue weighted by Crippen LogP contribution is 2.33. The van der Waals surface area contributed by atoms with Crippen molar-refractivity contribution in [2.24, 2.45) is 0 Å². The minimum Gasteiger partial charge on any atom is -0.450 e. The van der Waals surface area contributed by atoms with Gasteiger partial charge in [0.1, 0.15) is 5.75 Å². The first-order valence-electron chi connectivity index (χ1n) is 5.77. The highest BCUT2D eigenvalue weighted by Gasteiger charge is 2.17. The van der Waals surface area contributed by atoms with E-state index < -0.39 is 9.85 Å². The number of hydrogen-bond acceptors (Lipinski definition) is 5. The van der Waals surface area contributed by atoms with Gasteiger partial charge in [0.05, 0.1) is 9.85 Å². The summed E-state index contributed by atoms with van der Waals surface area (Å²) >= 11 is 3.23. The summed E-state index contributed by atoms with van der Waals surface area (Å²) in [6.45, 7) is 0. The maximum Gasteiger partial charge on any atom is 0.311 e. The quantitative estimate of drug-likeness (QED) is 0.456. The second-order valence-electron chi connectivity index (χ2n) is 4.05. The lowest BCUT2D eigenvalue weighted by Gasteiger charge is -2.07. The van der Waals surface area contributed by atoms with E-state index in [1.165, 1.54) is 36.4 Å². The van der Waals surface area contributed by atoms with Gasteiger partial charge in [0.2, 0.25) is 5.75 Å². The molecule has 8 heteroatoms. The molecular formula is C13H9BrN2O5. The lowest BCUT2D eigenvalue weighted by molar-refractivity contribution is -0.385. The first-order valence-corrected chi connectivity index (χ1v) is 6.89. The molecule has 0 amide bonds. The second kappa shape index (κ2) is 6.31. The molecule has 21 heavy (non-hydrogen) atoms. The monoisotopic (exact) mass is 352 g/mol. The topological polar surface area (TPSA) is 95.5 Å². The molecule has 0 aliphatic rings. The largest absolute Gasteiger partial charge is 0.450 e. The molecule has 0 heterocycles. The van der Waals surface area contributed by atoms with Crippen molar-refractivity contribution in [3.8, 4) is 11.5 Å². The van der Waals surface area contributed by atoms with E-state index in [1.807, 2.05) is 0 Å². The van der Waals surface area contributed by atoms with Crippen molar-refractivity contribution in [3.05, 3.63) is 68.3 Å². The van der Waals surface area contributed by atoms with E-state index in [9.17, 15) is 20.2 Å². The van der Waals surface area contributed by atoms with Gasteiger partial charge in [-0.2, -0.15) is 0 Å². The van der Waals surface area contributed by atoms with Crippen LogP contribution >= 0.6 is 15.9 Å². The van der Waals surface area contributed by atoms with Crippen LogP contribution in [-0.4, -0.2) is 9.85 Å². The maximum absolute atomic E-state index is 11.0. The number of nitro benzene ring substituents is 2. The molecular weight excluding hydrogens is 344 g/mol. The number of non-ortho nitro benzene ring substituents is 1. The maximum atomic E-state index is 11.0. The smallest absolute Gasteiger partial charge is 0.311 e. The van der Waals surface area contributed by atoms with Crippen LogP contribution in [0.2, 0.25) is 0 Å². The summed E-state index contributed by atoms with van der Waals surface area (Å²) in [6, 6.07) is 9.93. The summed E-state index contributed by atoms with van der Waals surface area (Å²) in [6.07, 6.45) is 0. The Kier molecular flexibility index (Phi) is 4.49. The molecule has 0 bridgehead atoms. The predicted molar refractivity (Wildman–Crippen MR) is 78.9 cm³/mol. The van der Waals surface area contributed by atoms with Crippen molar-refractivity contribution < 1.29 is 14.6 Å². The van der Waals surface area contributed by atoms with E-state index in [-0.39, 0.29) is 22.9 Å². The zero-order valence-corrected chi connectivity index (χ0v) is 12.1. The van der Waals surface area contributed by atoms with Crippen LogP contribution in [0.1, 0.15) is 5.56 Å². The standard InChI is InChI=1S/C13H9BrN2O5/c14-8-9-1-6-13(12(7-9)16(19)20)21-11-4-2-10(3-5-11)15(17)18/h1-7H,8H2. The van der Waals surface area contributed by atoms with E-state index in [0.29, 0.717) is 5.33 Å². The molecule has 0 aliphatic heterocycles. The Morgan fingerprint density at radius 2 is 1.67 bits per heavy atom.